The molecule has 2 rings (SSSR count). The molecule has 0 amide bonds. The van der Waals surface area contributed by atoms with E-state index in [0.29, 0.717) is 5.41 Å². The van der Waals surface area contributed by atoms with Gasteiger partial charge < -0.3 is 10.2 Å². The molecule has 0 unspecified atom stereocenters. The molecule has 0 atom stereocenters. The van der Waals surface area contributed by atoms with Crippen LogP contribution in [0.2, 0.25) is 0 Å². The second-order valence-corrected chi connectivity index (χ2v) is 10.7. The molecule has 0 fully saturated rings. The van der Waals surface area contributed by atoms with Crippen LogP contribution in [0.25, 0.3) is 5.57 Å². The smallest absolute Gasteiger partial charge is 0.0472 e. The fourth-order valence-corrected chi connectivity index (χ4v) is 3.81. The summed E-state index contributed by atoms with van der Waals surface area (Å²) in [5.74, 6) is 1.17. The van der Waals surface area contributed by atoms with Crippen LogP contribution in [0.1, 0.15) is 57.2 Å². The lowest BCUT2D eigenvalue weighted by Crippen LogP contribution is -2.20. The van der Waals surface area contributed by atoms with E-state index in [-0.39, 0.29) is 0 Å². The summed E-state index contributed by atoms with van der Waals surface area (Å²) in [6.07, 6.45) is 7.62. The molecule has 0 heterocycles. The molecule has 174 valence electrons. The minimum absolute atomic E-state index is 0.304. The highest BCUT2D eigenvalue weighted by molar-refractivity contribution is 7.98. The van der Waals surface area contributed by atoms with E-state index in [2.05, 4.69) is 112 Å². The van der Waals surface area contributed by atoms with Crippen LogP contribution in [0.4, 0.5) is 0 Å². The van der Waals surface area contributed by atoms with Gasteiger partial charge in [-0.05, 0) is 66.7 Å². The molecule has 0 aliphatic heterocycles. The Morgan fingerprint density at radius 1 is 1.00 bits per heavy atom. The molecule has 0 aliphatic rings. The number of nitrogens with one attached hydrogen (secondary N) is 1. The molecule has 2 aromatic carbocycles. The zero-order valence-corrected chi connectivity index (χ0v) is 21.6. The number of hydrogen-bond acceptors (Lipinski definition) is 3. The van der Waals surface area contributed by atoms with E-state index in [1.165, 1.54) is 33.7 Å². The van der Waals surface area contributed by atoms with E-state index in [9.17, 15) is 0 Å². The van der Waals surface area contributed by atoms with Crippen LogP contribution in [0.15, 0.2) is 73.1 Å². The van der Waals surface area contributed by atoms with Crippen molar-refractivity contribution in [2.75, 3.05) is 25.1 Å². The lowest BCUT2D eigenvalue weighted by molar-refractivity contribution is 0.349. The first-order valence-corrected chi connectivity index (χ1v) is 13.1. The van der Waals surface area contributed by atoms with Crippen molar-refractivity contribution >= 4 is 17.3 Å². The van der Waals surface area contributed by atoms with Crippen molar-refractivity contribution < 1.29 is 0 Å². The van der Waals surface area contributed by atoms with Gasteiger partial charge in [-0.1, -0.05) is 81.9 Å². The minimum Gasteiger partial charge on any atom is -0.347 e. The zero-order chi connectivity index (χ0) is 23.4. The third-order valence-corrected chi connectivity index (χ3v) is 6.21. The zero-order valence-electron chi connectivity index (χ0n) is 20.8. The maximum atomic E-state index is 4.45. The SMILES string of the molecule is C=C(CCC(C)(C)C)N(/C=C(\C)c1ccccc1)Cc1ccc(CCNCCSC)cc1. The van der Waals surface area contributed by atoms with E-state index >= 15 is 0 Å². The highest BCUT2D eigenvalue weighted by atomic mass is 32.2. The van der Waals surface area contributed by atoms with Crippen LogP contribution in [-0.4, -0.2) is 30.0 Å². The summed E-state index contributed by atoms with van der Waals surface area (Å²) < 4.78 is 0. The van der Waals surface area contributed by atoms with E-state index < -0.39 is 0 Å². The average molecular weight is 451 g/mol. The number of thioether (sulfide) groups is 1. The number of rotatable bonds is 13. The van der Waals surface area contributed by atoms with E-state index in [0.717, 1.165) is 38.9 Å². The van der Waals surface area contributed by atoms with Gasteiger partial charge in [0.25, 0.3) is 0 Å². The summed E-state index contributed by atoms with van der Waals surface area (Å²) in [6.45, 7) is 16.5. The van der Waals surface area contributed by atoms with Crippen molar-refractivity contribution in [3.05, 3.63) is 89.8 Å². The van der Waals surface area contributed by atoms with Crippen LogP contribution in [-0.2, 0) is 13.0 Å². The molecule has 0 saturated heterocycles. The molecule has 0 radical (unpaired) electrons. The predicted octanol–water partition coefficient (Wildman–Crippen LogP) is 7.38. The molecule has 32 heavy (non-hydrogen) atoms. The van der Waals surface area contributed by atoms with Crippen LogP contribution >= 0.6 is 11.8 Å². The molecule has 0 aliphatic carbocycles. The number of nitrogens with zero attached hydrogens (tertiary/aromatic N) is 1. The van der Waals surface area contributed by atoms with Gasteiger partial charge in [-0.25, -0.2) is 0 Å². The van der Waals surface area contributed by atoms with Crippen LogP contribution in [0, 0.1) is 5.41 Å². The summed E-state index contributed by atoms with van der Waals surface area (Å²) in [7, 11) is 0. The fourth-order valence-electron chi connectivity index (χ4n) is 3.46. The predicted molar refractivity (Wildman–Crippen MR) is 145 cm³/mol. The monoisotopic (exact) mass is 450 g/mol. The fraction of sp³-hybridized carbons (Fsp3) is 0.448. The Hall–Kier alpha value is -1.97. The number of allylic oxidation sites excluding steroid dienone is 2. The molecular formula is C29H42N2S. The largest absolute Gasteiger partial charge is 0.347 e. The van der Waals surface area contributed by atoms with Crippen molar-refractivity contribution in [3.63, 3.8) is 0 Å². The van der Waals surface area contributed by atoms with Crippen molar-refractivity contribution in [2.24, 2.45) is 5.41 Å². The van der Waals surface area contributed by atoms with Crippen LogP contribution in [0.5, 0.6) is 0 Å². The van der Waals surface area contributed by atoms with E-state index in [4.69, 9.17) is 0 Å². The summed E-state index contributed by atoms with van der Waals surface area (Å²) >= 11 is 1.89. The van der Waals surface area contributed by atoms with Crippen molar-refractivity contribution in [1.29, 1.82) is 0 Å². The maximum absolute atomic E-state index is 4.45. The minimum atomic E-state index is 0.304. The summed E-state index contributed by atoms with van der Waals surface area (Å²) in [4.78, 5) is 2.34. The van der Waals surface area contributed by atoms with E-state index in [1.54, 1.807) is 0 Å². The standard InChI is InChI=1S/C29H42N2S/c1-24(28-10-8-7-9-11-28)22-31(25(2)16-18-29(3,4)5)23-27-14-12-26(13-15-27)17-19-30-20-21-32-6/h7-15,22,30H,2,16-21,23H2,1,3-6H3/b24-22+. The molecule has 3 heteroatoms. The molecule has 0 bridgehead atoms. The third kappa shape index (κ3) is 10.1. The van der Waals surface area contributed by atoms with Gasteiger partial charge in [0.15, 0.2) is 0 Å². The molecule has 0 saturated carbocycles. The normalized spacial score (nSPS) is 12.1. The van der Waals surface area contributed by atoms with Gasteiger partial charge in [-0.2, -0.15) is 11.8 Å². The Kier molecular flexibility index (Phi) is 11.1. The maximum Gasteiger partial charge on any atom is 0.0472 e. The first kappa shape index (κ1) is 26.3. The number of hydrogen-bond donors (Lipinski definition) is 1. The van der Waals surface area contributed by atoms with Gasteiger partial charge >= 0.3 is 0 Å². The Morgan fingerprint density at radius 3 is 2.28 bits per heavy atom. The molecule has 1 N–H and O–H groups in total. The Morgan fingerprint density at radius 2 is 1.66 bits per heavy atom. The van der Waals surface area contributed by atoms with Gasteiger partial charge in [0.2, 0.25) is 0 Å². The number of benzene rings is 2. The first-order chi connectivity index (χ1) is 15.3. The van der Waals surface area contributed by atoms with Gasteiger partial charge in [0, 0.05) is 30.7 Å². The van der Waals surface area contributed by atoms with E-state index in [1.807, 2.05) is 11.8 Å². The Balaban J connectivity index is 2.07. The second kappa shape index (κ2) is 13.5. The Labute approximate surface area is 201 Å². The lowest BCUT2D eigenvalue weighted by atomic mass is 9.90. The second-order valence-electron chi connectivity index (χ2n) is 9.74. The summed E-state index contributed by atoms with van der Waals surface area (Å²) in [6, 6.07) is 19.7. The van der Waals surface area contributed by atoms with Gasteiger partial charge in [-0.15, -0.1) is 0 Å². The highest BCUT2D eigenvalue weighted by Gasteiger charge is 2.14. The average Bonchev–Trinajstić information content (AvgIpc) is 2.78. The first-order valence-electron chi connectivity index (χ1n) is 11.7. The third-order valence-electron chi connectivity index (χ3n) is 5.60. The van der Waals surface area contributed by atoms with Crippen molar-refractivity contribution in [1.82, 2.24) is 10.2 Å². The van der Waals surface area contributed by atoms with Crippen LogP contribution < -0.4 is 5.32 Å². The molecule has 0 aromatic heterocycles. The summed E-state index contributed by atoms with van der Waals surface area (Å²) in [5, 5.41) is 3.51. The van der Waals surface area contributed by atoms with Gasteiger partial charge in [-0.3, -0.25) is 0 Å². The van der Waals surface area contributed by atoms with Gasteiger partial charge in [0.05, 0.1) is 0 Å². The Bertz CT molecular complexity index is 832. The molecule has 0 spiro atoms. The lowest BCUT2D eigenvalue weighted by Gasteiger charge is -2.27. The molecule has 2 aromatic rings. The molecule has 2 nitrogen and oxygen atoms in total. The topological polar surface area (TPSA) is 15.3 Å². The molecular weight excluding hydrogens is 408 g/mol. The van der Waals surface area contributed by atoms with Crippen molar-refractivity contribution in [2.45, 2.75) is 53.5 Å². The summed E-state index contributed by atoms with van der Waals surface area (Å²) in [5.41, 5.74) is 6.70. The van der Waals surface area contributed by atoms with Crippen LogP contribution in [0.3, 0.4) is 0 Å². The van der Waals surface area contributed by atoms with Crippen molar-refractivity contribution in [3.8, 4) is 0 Å². The quantitative estimate of drug-likeness (QED) is 0.320. The van der Waals surface area contributed by atoms with Gasteiger partial charge in [0.1, 0.15) is 0 Å². The highest BCUT2D eigenvalue weighted by Crippen LogP contribution is 2.26.